The second-order valence-electron chi connectivity index (χ2n) is 18.1. The van der Waals surface area contributed by atoms with Crippen LogP contribution in [0.5, 0.6) is 0 Å². The van der Waals surface area contributed by atoms with E-state index in [9.17, 15) is 14.4 Å². The molecule has 0 heterocycles. The third-order valence-corrected chi connectivity index (χ3v) is 11.2. The lowest BCUT2D eigenvalue weighted by Gasteiger charge is -2.18. The fourth-order valence-corrected chi connectivity index (χ4v) is 7.46. The van der Waals surface area contributed by atoms with Crippen LogP contribution < -0.4 is 0 Å². The minimum Gasteiger partial charge on any atom is -0.462 e. The SMILES string of the molecule is CCCCCCCCCCCCCC(=O)O[C@H](COC(=O)CCCCCCCCCCCCCCCCC(C)C)COC(=O)CCCCCCCCCC(C)C. The Bertz CT molecular complexity index is 854. The largest absolute Gasteiger partial charge is 0.462 e. The maximum atomic E-state index is 12.7. The molecule has 0 radical (unpaired) electrons. The van der Waals surface area contributed by atoms with Crippen LogP contribution in [0.15, 0.2) is 0 Å². The van der Waals surface area contributed by atoms with Gasteiger partial charge in [-0.25, -0.2) is 0 Å². The second-order valence-corrected chi connectivity index (χ2v) is 18.1. The third kappa shape index (κ3) is 43.5. The monoisotopic (exact) mass is 793 g/mol. The number of hydrogen-bond acceptors (Lipinski definition) is 6. The average molecular weight is 793 g/mol. The van der Waals surface area contributed by atoms with Crippen molar-refractivity contribution in [3.05, 3.63) is 0 Å². The smallest absolute Gasteiger partial charge is 0.306 e. The standard InChI is InChI=1S/C50H96O6/c1-6-7-8-9-10-11-16-21-26-32-37-42-50(53)56-47(44-55-49(52)41-36-31-27-22-24-29-34-39-46(4)5)43-54-48(51)40-35-30-25-20-18-15-13-12-14-17-19-23-28-33-38-45(2)3/h45-47H,6-44H2,1-5H3/t47-/m1/s1. The van der Waals surface area contributed by atoms with Crippen molar-refractivity contribution < 1.29 is 28.6 Å². The van der Waals surface area contributed by atoms with Crippen molar-refractivity contribution in [2.24, 2.45) is 11.8 Å². The summed E-state index contributed by atoms with van der Waals surface area (Å²) in [6.45, 7) is 11.3. The van der Waals surface area contributed by atoms with Gasteiger partial charge < -0.3 is 14.2 Å². The molecular weight excluding hydrogens is 697 g/mol. The van der Waals surface area contributed by atoms with Gasteiger partial charge in [-0.3, -0.25) is 14.4 Å². The molecule has 6 nitrogen and oxygen atoms in total. The molecule has 0 bridgehead atoms. The Labute approximate surface area is 348 Å². The molecule has 6 heteroatoms. The Morgan fingerprint density at radius 2 is 0.589 bits per heavy atom. The quantitative estimate of drug-likeness (QED) is 0.0347. The average Bonchev–Trinajstić information content (AvgIpc) is 3.16. The first-order valence-corrected chi connectivity index (χ1v) is 24.7. The molecule has 0 aliphatic carbocycles. The van der Waals surface area contributed by atoms with Crippen molar-refractivity contribution in [2.75, 3.05) is 13.2 Å². The molecule has 0 rings (SSSR count). The van der Waals surface area contributed by atoms with Gasteiger partial charge in [-0.2, -0.15) is 0 Å². The number of hydrogen-bond donors (Lipinski definition) is 0. The first kappa shape index (κ1) is 54.4. The number of unbranched alkanes of at least 4 members (excludes halogenated alkanes) is 29. The van der Waals surface area contributed by atoms with Crippen LogP contribution in [0.3, 0.4) is 0 Å². The van der Waals surface area contributed by atoms with Gasteiger partial charge in [0.2, 0.25) is 0 Å². The van der Waals surface area contributed by atoms with E-state index in [-0.39, 0.29) is 31.1 Å². The van der Waals surface area contributed by atoms with Crippen molar-refractivity contribution in [1.82, 2.24) is 0 Å². The Hall–Kier alpha value is -1.59. The molecule has 0 unspecified atom stereocenters. The number of carbonyl (C=O) groups excluding carboxylic acids is 3. The second kappa shape index (κ2) is 43.0. The lowest BCUT2D eigenvalue weighted by molar-refractivity contribution is -0.167. The van der Waals surface area contributed by atoms with Crippen molar-refractivity contribution in [3.8, 4) is 0 Å². The highest BCUT2D eigenvalue weighted by Crippen LogP contribution is 2.17. The minimum atomic E-state index is -0.760. The van der Waals surface area contributed by atoms with Gasteiger partial charge in [-0.05, 0) is 31.1 Å². The summed E-state index contributed by atoms with van der Waals surface area (Å²) in [6, 6.07) is 0. The summed E-state index contributed by atoms with van der Waals surface area (Å²) in [5.41, 5.74) is 0. The van der Waals surface area contributed by atoms with Gasteiger partial charge in [0.05, 0.1) is 0 Å². The zero-order valence-corrected chi connectivity index (χ0v) is 38.3. The molecule has 0 saturated carbocycles. The Kier molecular flexibility index (Phi) is 41.8. The van der Waals surface area contributed by atoms with Crippen LogP contribution in [0.25, 0.3) is 0 Å². The number of esters is 3. The molecule has 0 aliphatic heterocycles. The van der Waals surface area contributed by atoms with E-state index in [2.05, 4.69) is 34.6 Å². The molecule has 56 heavy (non-hydrogen) atoms. The molecule has 0 aromatic rings. The summed E-state index contributed by atoms with van der Waals surface area (Å²) in [7, 11) is 0. The molecule has 332 valence electrons. The molecule has 0 spiro atoms. The Morgan fingerprint density at radius 3 is 0.875 bits per heavy atom. The molecule has 0 aromatic heterocycles. The maximum absolute atomic E-state index is 12.7. The highest BCUT2D eigenvalue weighted by Gasteiger charge is 2.19. The van der Waals surface area contributed by atoms with Gasteiger partial charge in [0.25, 0.3) is 0 Å². The van der Waals surface area contributed by atoms with E-state index in [0.717, 1.165) is 69.6 Å². The normalized spacial score (nSPS) is 12.1. The zero-order chi connectivity index (χ0) is 41.2. The van der Waals surface area contributed by atoms with Gasteiger partial charge >= 0.3 is 17.9 Å². The summed E-state index contributed by atoms with van der Waals surface area (Å²) >= 11 is 0. The first-order valence-electron chi connectivity index (χ1n) is 24.7. The number of ether oxygens (including phenoxy) is 3. The van der Waals surface area contributed by atoms with E-state index in [1.807, 2.05) is 0 Å². The predicted molar refractivity (Wildman–Crippen MR) is 238 cm³/mol. The molecule has 0 N–H and O–H groups in total. The van der Waals surface area contributed by atoms with Crippen LogP contribution in [0.4, 0.5) is 0 Å². The number of rotatable bonds is 44. The van der Waals surface area contributed by atoms with Crippen LogP contribution in [0, 0.1) is 11.8 Å². The molecule has 0 amide bonds. The number of carbonyl (C=O) groups is 3. The first-order chi connectivity index (χ1) is 27.2. The van der Waals surface area contributed by atoms with E-state index in [4.69, 9.17) is 14.2 Å². The minimum absolute atomic E-state index is 0.0644. The van der Waals surface area contributed by atoms with Crippen molar-refractivity contribution in [1.29, 1.82) is 0 Å². The van der Waals surface area contributed by atoms with Gasteiger partial charge in [0.1, 0.15) is 13.2 Å². The summed E-state index contributed by atoms with van der Waals surface area (Å²) in [5, 5.41) is 0. The van der Waals surface area contributed by atoms with Gasteiger partial charge in [-0.1, -0.05) is 234 Å². The summed E-state index contributed by atoms with van der Waals surface area (Å²) in [4.78, 5) is 37.8. The molecule has 0 saturated heterocycles. The fraction of sp³-hybridized carbons (Fsp3) is 0.940. The zero-order valence-electron chi connectivity index (χ0n) is 38.3. The topological polar surface area (TPSA) is 78.9 Å². The molecule has 0 aromatic carbocycles. The van der Waals surface area contributed by atoms with Gasteiger partial charge in [-0.15, -0.1) is 0 Å². The lowest BCUT2D eigenvalue weighted by atomic mass is 10.0. The molecule has 0 aliphatic rings. The van der Waals surface area contributed by atoms with Crippen LogP contribution in [0.1, 0.15) is 272 Å². The molecule has 0 fully saturated rings. The van der Waals surface area contributed by atoms with E-state index in [1.54, 1.807) is 0 Å². The van der Waals surface area contributed by atoms with Crippen molar-refractivity contribution in [2.45, 2.75) is 278 Å². The van der Waals surface area contributed by atoms with Crippen LogP contribution in [-0.2, 0) is 28.6 Å². The lowest BCUT2D eigenvalue weighted by Crippen LogP contribution is -2.30. The summed E-state index contributed by atoms with van der Waals surface area (Å²) < 4.78 is 16.7. The summed E-state index contributed by atoms with van der Waals surface area (Å²) in [6.07, 6.45) is 42.4. The predicted octanol–water partition coefficient (Wildman–Crippen LogP) is 15.8. The van der Waals surface area contributed by atoms with Gasteiger partial charge in [0, 0.05) is 19.3 Å². The van der Waals surface area contributed by atoms with E-state index < -0.39 is 6.10 Å². The van der Waals surface area contributed by atoms with E-state index >= 15 is 0 Å². The Balaban J connectivity index is 4.26. The van der Waals surface area contributed by atoms with Gasteiger partial charge in [0.15, 0.2) is 6.10 Å². The highest BCUT2D eigenvalue weighted by molar-refractivity contribution is 5.71. The van der Waals surface area contributed by atoms with Crippen molar-refractivity contribution in [3.63, 3.8) is 0 Å². The van der Waals surface area contributed by atoms with Crippen molar-refractivity contribution >= 4 is 17.9 Å². The van der Waals surface area contributed by atoms with Crippen LogP contribution in [-0.4, -0.2) is 37.2 Å². The van der Waals surface area contributed by atoms with E-state index in [1.165, 1.54) is 161 Å². The van der Waals surface area contributed by atoms with E-state index in [0.29, 0.717) is 19.3 Å². The Morgan fingerprint density at radius 1 is 0.339 bits per heavy atom. The molecule has 1 atom stereocenters. The highest BCUT2D eigenvalue weighted by atomic mass is 16.6. The van der Waals surface area contributed by atoms with Crippen LogP contribution >= 0.6 is 0 Å². The molecular formula is C50H96O6. The summed E-state index contributed by atoms with van der Waals surface area (Å²) in [5.74, 6) is 0.772. The fourth-order valence-electron chi connectivity index (χ4n) is 7.46. The third-order valence-electron chi connectivity index (χ3n) is 11.2. The maximum Gasteiger partial charge on any atom is 0.306 e. The van der Waals surface area contributed by atoms with Crippen LogP contribution in [0.2, 0.25) is 0 Å².